The molecule has 2 rings (SSSR count). The Labute approximate surface area is 188 Å². The summed E-state index contributed by atoms with van der Waals surface area (Å²) in [7, 11) is 1.46. The highest BCUT2D eigenvalue weighted by Gasteiger charge is 2.21. The number of hydrogen-bond acceptors (Lipinski definition) is 6. The van der Waals surface area contributed by atoms with E-state index in [1.54, 1.807) is 48.6 Å². The quantitative estimate of drug-likeness (QED) is 0.399. The Morgan fingerprint density at radius 1 is 1.33 bits per heavy atom. The van der Waals surface area contributed by atoms with Crippen molar-refractivity contribution >= 4 is 40.2 Å². The number of aryl methyl sites for hydroxylation is 1. The lowest BCUT2D eigenvalue weighted by Gasteiger charge is -2.18. The first-order valence-corrected chi connectivity index (χ1v) is 10.2. The Balaban J connectivity index is 2.15. The van der Waals surface area contributed by atoms with Crippen LogP contribution in [0.4, 0.5) is 10.2 Å². The average Bonchev–Trinajstić information content (AvgIpc) is 2.64. The minimum absolute atomic E-state index is 0.171. The van der Waals surface area contributed by atoms with Crippen molar-refractivity contribution in [3.05, 3.63) is 41.2 Å². The molecule has 0 aliphatic rings. The van der Waals surface area contributed by atoms with Crippen LogP contribution in [0, 0.1) is 6.92 Å². The van der Waals surface area contributed by atoms with Gasteiger partial charge in [-0.05, 0) is 67.1 Å². The van der Waals surface area contributed by atoms with Gasteiger partial charge in [-0.3, -0.25) is 9.59 Å². The topological polar surface area (TPSA) is 102 Å². The molecule has 0 saturated carbocycles. The molecular weight excluding hydrogens is 506 g/mol. The Kier molecular flexibility index (Phi) is 7.93. The summed E-state index contributed by atoms with van der Waals surface area (Å²) in [6.45, 7) is 6.11. The Bertz CT molecular complexity index is 934. The van der Waals surface area contributed by atoms with Gasteiger partial charge in [-0.15, -0.1) is 0 Å². The molecule has 8 nitrogen and oxygen atoms in total. The number of hydrogen-bond donors (Lipinski definition) is 2. The first-order chi connectivity index (χ1) is 14.0. The SMILES string of the molecule is COc1cc(C(C)NC(=O)c2cc(C)nc(NC(C)=O)c2)cnc1OC[C@](C)(F)I. The summed E-state index contributed by atoms with van der Waals surface area (Å²) in [5.41, 5.74) is 1.64. The highest BCUT2D eigenvalue weighted by molar-refractivity contribution is 14.1. The fraction of sp³-hybridized carbons (Fsp3) is 0.400. The highest BCUT2D eigenvalue weighted by atomic mass is 127. The molecule has 0 spiro atoms. The molecule has 162 valence electrons. The maximum atomic E-state index is 13.7. The number of carbonyl (C=O) groups excluding carboxylic acids is 2. The van der Waals surface area contributed by atoms with E-state index in [2.05, 4.69) is 20.6 Å². The molecule has 0 aliphatic carbocycles. The van der Waals surface area contributed by atoms with Crippen LogP contribution in [0.15, 0.2) is 24.4 Å². The molecule has 0 aliphatic heterocycles. The van der Waals surface area contributed by atoms with Gasteiger partial charge in [0.1, 0.15) is 12.4 Å². The Morgan fingerprint density at radius 2 is 2.03 bits per heavy atom. The van der Waals surface area contributed by atoms with Gasteiger partial charge in [0.2, 0.25) is 5.91 Å². The number of rotatable bonds is 8. The van der Waals surface area contributed by atoms with Gasteiger partial charge in [0.25, 0.3) is 11.8 Å². The molecule has 30 heavy (non-hydrogen) atoms. The van der Waals surface area contributed by atoms with Gasteiger partial charge < -0.3 is 20.1 Å². The maximum absolute atomic E-state index is 13.7. The van der Waals surface area contributed by atoms with Gasteiger partial charge >= 0.3 is 0 Å². The van der Waals surface area contributed by atoms with Gasteiger partial charge in [-0.2, -0.15) is 0 Å². The first-order valence-electron chi connectivity index (χ1n) is 9.10. The number of nitrogens with one attached hydrogen (secondary N) is 2. The van der Waals surface area contributed by atoms with Crippen LogP contribution in [0.1, 0.15) is 48.4 Å². The van der Waals surface area contributed by atoms with Crippen LogP contribution in [0.25, 0.3) is 0 Å². The van der Waals surface area contributed by atoms with Crippen LogP contribution in [0.2, 0.25) is 0 Å². The van der Waals surface area contributed by atoms with Crippen molar-refractivity contribution in [3.63, 3.8) is 0 Å². The van der Waals surface area contributed by atoms with Crippen molar-refractivity contribution in [3.8, 4) is 11.6 Å². The summed E-state index contributed by atoms with van der Waals surface area (Å²) in [6.07, 6.45) is 1.53. The molecule has 2 amide bonds. The van der Waals surface area contributed by atoms with E-state index in [1.807, 2.05) is 0 Å². The predicted octanol–water partition coefficient (Wildman–Crippen LogP) is 3.74. The summed E-state index contributed by atoms with van der Waals surface area (Å²) in [5, 5.41) is 5.44. The maximum Gasteiger partial charge on any atom is 0.257 e. The number of halogens is 2. The molecule has 0 bridgehead atoms. The molecule has 0 aromatic carbocycles. The zero-order valence-electron chi connectivity index (χ0n) is 17.4. The van der Waals surface area contributed by atoms with Gasteiger partial charge in [-0.1, -0.05) is 0 Å². The minimum atomic E-state index is -1.54. The number of pyridine rings is 2. The average molecular weight is 530 g/mol. The number of amides is 2. The normalized spacial score (nSPS) is 13.7. The van der Waals surface area contributed by atoms with Crippen LogP contribution in [-0.4, -0.2) is 39.2 Å². The second kappa shape index (κ2) is 10.0. The number of anilines is 1. The van der Waals surface area contributed by atoms with Crippen molar-refractivity contribution in [2.45, 2.75) is 37.4 Å². The number of alkyl halides is 2. The van der Waals surface area contributed by atoms with Gasteiger partial charge in [0.05, 0.1) is 13.2 Å². The van der Waals surface area contributed by atoms with Crippen LogP contribution in [0.5, 0.6) is 11.6 Å². The third-order valence-corrected chi connectivity index (χ3v) is 4.20. The molecule has 0 saturated heterocycles. The van der Waals surface area contributed by atoms with E-state index < -0.39 is 9.72 Å². The zero-order chi connectivity index (χ0) is 22.5. The lowest BCUT2D eigenvalue weighted by Crippen LogP contribution is -2.27. The summed E-state index contributed by atoms with van der Waals surface area (Å²) in [4.78, 5) is 32.3. The van der Waals surface area contributed by atoms with E-state index in [9.17, 15) is 14.0 Å². The van der Waals surface area contributed by atoms with Crippen molar-refractivity contribution in [2.75, 3.05) is 19.0 Å². The van der Waals surface area contributed by atoms with Crippen LogP contribution < -0.4 is 20.1 Å². The van der Waals surface area contributed by atoms with Crippen LogP contribution in [0.3, 0.4) is 0 Å². The minimum Gasteiger partial charge on any atom is -0.491 e. The number of aromatic nitrogens is 2. The summed E-state index contributed by atoms with van der Waals surface area (Å²) >= 11 is 1.64. The Hall–Kier alpha value is -2.50. The third kappa shape index (κ3) is 7.08. The molecule has 2 atom stereocenters. The molecule has 0 fully saturated rings. The largest absolute Gasteiger partial charge is 0.491 e. The predicted molar refractivity (Wildman–Crippen MR) is 119 cm³/mol. The van der Waals surface area contributed by atoms with E-state index in [-0.39, 0.29) is 24.3 Å². The first kappa shape index (κ1) is 23.8. The Morgan fingerprint density at radius 3 is 2.63 bits per heavy atom. The second-order valence-corrected chi connectivity index (χ2v) is 9.14. The summed E-state index contributed by atoms with van der Waals surface area (Å²) < 4.78 is 22.8. The van der Waals surface area contributed by atoms with E-state index >= 15 is 0 Å². The smallest absolute Gasteiger partial charge is 0.257 e. The molecule has 2 aromatic heterocycles. The lowest BCUT2D eigenvalue weighted by atomic mass is 10.1. The van der Waals surface area contributed by atoms with E-state index in [4.69, 9.17) is 9.47 Å². The summed E-state index contributed by atoms with van der Waals surface area (Å²) in [6, 6.07) is 4.41. The molecule has 2 heterocycles. The van der Waals surface area contributed by atoms with Crippen LogP contribution in [-0.2, 0) is 4.79 Å². The molecule has 0 radical (unpaired) electrons. The lowest BCUT2D eigenvalue weighted by molar-refractivity contribution is -0.114. The fourth-order valence-corrected chi connectivity index (χ4v) is 2.70. The zero-order valence-corrected chi connectivity index (χ0v) is 19.5. The van der Waals surface area contributed by atoms with E-state index in [0.29, 0.717) is 28.4 Å². The molecular formula is C20H24FIN4O4. The standard InChI is InChI=1S/C20H24FIN4O4/c1-11-6-14(8-17(24-11)26-13(3)27)18(28)25-12(2)15-7-16(29-5)19(23-9-15)30-10-20(4,21)22/h6-9,12H,10H2,1-5H3,(H,25,28)(H,24,26,27)/t12?,20-/m1/s1. The molecule has 2 aromatic rings. The number of ether oxygens (including phenoxy) is 2. The van der Waals surface area contributed by atoms with E-state index in [1.165, 1.54) is 33.2 Å². The summed E-state index contributed by atoms with van der Waals surface area (Å²) in [5.74, 6) is 0.202. The number of nitrogens with zero attached hydrogens (tertiary/aromatic N) is 2. The van der Waals surface area contributed by atoms with Crippen LogP contribution >= 0.6 is 22.6 Å². The number of carbonyl (C=O) groups is 2. The monoisotopic (exact) mass is 530 g/mol. The molecule has 1 unspecified atom stereocenters. The third-order valence-electron chi connectivity index (χ3n) is 3.89. The second-order valence-electron chi connectivity index (χ2n) is 6.89. The highest BCUT2D eigenvalue weighted by Crippen LogP contribution is 2.30. The fourth-order valence-electron chi connectivity index (χ4n) is 2.54. The molecule has 10 heteroatoms. The van der Waals surface area contributed by atoms with Crippen molar-refractivity contribution in [2.24, 2.45) is 0 Å². The van der Waals surface area contributed by atoms with Gasteiger partial charge in [0, 0.05) is 24.4 Å². The van der Waals surface area contributed by atoms with Crippen molar-refractivity contribution in [1.82, 2.24) is 15.3 Å². The number of methoxy groups -OCH3 is 1. The van der Waals surface area contributed by atoms with Gasteiger partial charge in [0.15, 0.2) is 9.43 Å². The van der Waals surface area contributed by atoms with E-state index in [0.717, 1.165) is 0 Å². The van der Waals surface area contributed by atoms with Crippen molar-refractivity contribution in [1.29, 1.82) is 0 Å². The van der Waals surface area contributed by atoms with Gasteiger partial charge in [-0.25, -0.2) is 14.4 Å². The molecule has 2 N–H and O–H groups in total. The van der Waals surface area contributed by atoms with Crippen molar-refractivity contribution < 1.29 is 23.5 Å².